The molecule has 0 aliphatic carbocycles. The number of methoxy groups -OCH3 is 3. The van der Waals surface area contributed by atoms with Gasteiger partial charge in [-0.15, -0.1) is 0 Å². The van der Waals surface area contributed by atoms with E-state index in [0.717, 1.165) is 11.5 Å². The summed E-state index contributed by atoms with van der Waals surface area (Å²) in [7, 11) is -2.83. The summed E-state index contributed by atoms with van der Waals surface area (Å²) in [6.07, 6.45) is -5.25. The topological polar surface area (TPSA) is 84.9 Å². The van der Waals surface area contributed by atoms with Crippen LogP contribution in [0.3, 0.4) is 0 Å². The summed E-state index contributed by atoms with van der Waals surface area (Å²) >= 11 is 0. The first kappa shape index (κ1) is 41.7. The maximum Gasteiger partial charge on any atom is 0.460 e. The third kappa shape index (κ3) is 6.42. The van der Waals surface area contributed by atoms with Crippen LogP contribution < -0.4 is 14.2 Å². The number of halogens is 17. The second-order valence-electron chi connectivity index (χ2n) is 8.86. The second kappa shape index (κ2) is 13.0. The number of rotatable bonds is 11. The van der Waals surface area contributed by atoms with E-state index in [1.54, 1.807) is 21.3 Å². The summed E-state index contributed by atoms with van der Waals surface area (Å²) in [5.41, 5.74) is 0. The van der Waals surface area contributed by atoms with Crippen LogP contribution in [0.25, 0.3) is 0 Å². The van der Waals surface area contributed by atoms with Crippen LogP contribution in [0.1, 0.15) is 12.8 Å². The van der Waals surface area contributed by atoms with Crippen LogP contribution in [0.5, 0.6) is 17.2 Å². The normalized spacial score (nSPS) is 16.5. The lowest BCUT2D eigenvalue weighted by atomic mass is 9.91. The van der Waals surface area contributed by atoms with Gasteiger partial charge < -0.3 is 18.8 Å². The number of benzene rings is 1. The molecule has 1 aromatic rings. The molecule has 2 rings (SSSR count). The molecular formula is C21H19F17O6S2. The van der Waals surface area contributed by atoms with Crippen molar-refractivity contribution in [2.24, 2.45) is 0 Å². The highest BCUT2D eigenvalue weighted by Gasteiger charge is 2.95. The van der Waals surface area contributed by atoms with E-state index in [1.165, 1.54) is 29.2 Å². The van der Waals surface area contributed by atoms with Gasteiger partial charge in [0.25, 0.3) is 0 Å². The minimum atomic E-state index is -8.92. The van der Waals surface area contributed by atoms with Crippen LogP contribution in [0.4, 0.5) is 74.6 Å². The van der Waals surface area contributed by atoms with Crippen molar-refractivity contribution in [2.45, 2.75) is 64.7 Å². The summed E-state index contributed by atoms with van der Waals surface area (Å²) in [5.74, 6) is -47.3. The lowest BCUT2D eigenvalue weighted by Gasteiger charge is -2.42. The van der Waals surface area contributed by atoms with Gasteiger partial charge in [0, 0.05) is 17.0 Å². The Hall–Kier alpha value is -2.31. The highest BCUT2D eigenvalue weighted by Crippen LogP contribution is 2.64. The molecule has 6 nitrogen and oxygen atoms in total. The first-order valence-corrected chi connectivity index (χ1v) is 14.4. The van der Waals surface area contributed by atoms with Crippen LogP contribution in [-0.2, 0) is 21.0 Å². The minimum Gasteiger partial charge on any atom is -0.743 e. The van der Waals surface area contributed by atoms with Crippen LogP contribution in [0.15, 0.2) is 17.0 Å². The Morgan fingerprint density at radius 2 is 0.957 bits per heavy atom. The first-order chi connectivity index (χ1) is 20.3. The van der Waals surface area contributed by atoms with Gasteiger partial charge in [-0.25, -0.2) is 8.42 Å². The predicted molar refractivity (Wildman–Crippen MR) is 121 cm³/mol. The van der Waals surface area contributed by atoms with E-state index in [-0.39, 0.29) is 0 Å². The lowest BCUT2D eigenvalue weighted by molar-refractivity contribution is -0.458. The number of hydrogen-bond donors (Lipinski definition) is 0. The first-order valence-electron chi connectivity index (χ1n) is 11.4. The van der Waals surface area contributed by atoms with Crippen molar-refractivity contribution in [3.8, 4) is 17.2 Å². The second-order valence-corrected chi connectivity index (χ2v) is 12.5. The Morgan fingerprint density at radius 3 is 1.28 bits per heavy atom. The molecule has 0 spiro atoms. The van der Waals surface area contributed by atoms with Crippen molar-refractivity contribution < 1.29 is 102 Å². The summed E-state index contributed by atoms with van der Waals surface area (Å²) < 4.78 is 260. The van der Waals surface area contributed by atoms with Crippen molar-refractivity contribution in [1.29, 1.82) is 0 Å². The Labute approximate surface area is 250 Å². The molecule has 1 saturated heterocycles. The Kier molecular flexibility index (Phi) is 11.7. The molecule has 0 atom stereocenters. The van der Waals surface area contributed by atoms with Gasteiger partial charge >= 0.3 is 47.0 Å². The van der Waals surface area contributed by atoms with Gasteiger partial charge in [-0.2, -0.15) is 74.6 Å². The zero-order chi connectivity index (χ0) is 36.8. The molecule has 46 heavy (non-hydrogen) atoms. The predicted octanol–water partition coefficient (Wildman–Crippen LogP) is 6.98. The van der Waals surface area contributed by atoms with Crippen LogP contribution in [-0.4, -0.2) is 92.8 Å². The van der Waals surface area contributed by atoms with E-state index in [9.17, 15) is 87.6 Å². The summed E-state index contributed by atoms with van der Waals surface area (Å²) in [4.78, 5) is 1.28. The molecule has 1 aromatic carbocycles. The average Bonchev–Trinajstić information content (AvgIpc) is 3.45. The third-order valence-electron chi connectivity index (χ3n) is 6.02. The highest BCUT2D eigenvalue weighted by molar-refractivity contribution is 7.97. The lowest BCUT2D eigenvalue weighted by Crippen LogP contribution is -2.75. The fourth-order valence-corrected chi connectivity index (χ4v) is 6.37. The summed E-state index contributed by atoms with van der Waals surface area (Å²) in [6, 6.07) is 4.09. The van der Waals surface area contributed by atoms with Gasteiger partial charge in [-0.3, -0.25) is 0 Å². The van der Waals surface area contributed by atoms with Gasteiger partial charge in [0.15, 0.2) is 15.9 Å². The largest absolute Gasteiger partial charge is 0.743 e. The van der Waals surface area contributed by atoms with Gasteiger partial charge in [0.1, 0.15) is 11.5 Å². The van der Waals surface area contributed by atoms with Crippen molar-refractivity contribution >= 4 is 21.0 Å². The highest BCUT2D eigenvalue weighted by atomic mass is 32.2. The summed E-state index contributed by atoms with van der Waals surface area (Å²) in [6.45, 7) is 0. The molecule has 1 fully saturated rings. The quantitative estimate of drug-likeness (QED) is 0.138. The van der Waals surface area contributed by atoms with Gasteiger partial charge in [-0.1, -0.05) is 0 Å². The van der Waals surface area contributed by atoms with E-state index >= 15 is 0 Å². The van der Waals surface area contributed by atoms with Crippen molar-refractivity contribution in [2.75, 3.05) is 32.8 Å². The molecule has 0 N–H and O–H groups in total. The fourth-order valence-electron chi connectivity index (χ4n) is 3.48. The van der Waals surface area contributed by atoms with E-state index in [4.69, 9.17) is 14.2 Å². The van der Waals surface area contributed by atoms with Crippen molar-refractivity contribution in [3.05, 3.63) is 12.1 Å². The van der Waals surface area contributed by atoms with Crippen molar-refractivity contribution in [1.82, 2.24) is 0 Å². The van der Waals surface area contributed by atoms with E-state index in [0.29, 0.717) is 16.6 Å². The molecule has 0 radical (unpaired) electrons. The Balaban J connectivity index is 0.000000522. The fraction of sp³-hybridized carbons (Fsp3) is 0.714. The molecule has 1 aliphatic rings. The minimum absolute atomic E-state index is 0.315. The zero-order valence-electron chi connectivity index (χ0n) is 22.7. The van der Waals surface area contributed by atoms with Gasteiger partial charge in [-0.05, 0) is 18.9 Å². The molecular weight excluding hydrogens is 735 g/mol. The molecule has 0 aromatic heterocycles. The van der Waals surface area contributed by atoms with Crippen LogP contribution >= 0.6 is 0 Å². The molecule has 270 valence electrons. The van der Waals surface area contributed by atoms with E-state index in [2.05, 4.69) is 6.07 Å². The smallest absolute Gasteiger partial charge is 0.460 e. The molecule has 0 amide bonds. The Bertz CT molecular complexity index is 1330. The van der Waals surface area contributed by atoms with Gasteiger partial charge in [0.2, 0.25) is 16.4 Å². The molecule has 0 bridgehead atoms. The maximum atomic E-state index is 13.0. The van der Waals surface area contributed by atoms with Crippen LogP contribution in [0.2, 0.25) is 0 Å². The van der Waals surface area contributed by atoms with E-state index in [1.807, 2.05) is 6.07 Å². The third-order valence-corrected chi connectivity index (χ3v) is 9.41. The number of alkyl halides is 17. The van der Waals surface area contributed by atoms with E-state index < -0.39 is 57.1 Å². The average molecular weight is 754 g/mol. The molecule has 0 saturated carbocycles. The SMILES string of the molecule is COc1ccc([S+]2CCCC2)c(OC)c1OC.O=S(=O)([O-])C(F)(F)C(F)(F)C(F)(F)C(F)(F)C(F)(F)C(F)(F)C(F)(F)C(F)(F)F. The van der Waals surface area contributed by atoms with Gasteiger partial charge in [0.05, 0.1) is 21.3 Å². The van der Waals surface area contributed by atoms with Crippen molar-refractivity contribution in [3.63, 3.8) is 0 Å². The molecule has 1 heterocycles. The Morgan fingerprint density at radius 1 is 0.587 bits per heavy atom. The van der Waals surface area contributed by atoms with Crippen LogP contribution in [0, 0.1) is 0 Å². The maximum absolute atomic E-state index is 13.0. The molecule has 1 aliphatic heterocycles. The standard InChI is InChI=1S/C13H19O3S.C8HF17O3S/c1-14-10-6-7-11(17-8-4-5-9-17)13(16-3)12(10)15-2;9-1(10,3(13,14)5(17,18)7(21,22)23)2(11,12)4(15,16)6(19,20)8(24,25)29(26,27)28/h6-7H,4-5,8-9H2,1-3H3;(H,26,27,28)/q+1;/p-1. The molecule has 25 heteroatoms. The monoisotopic (exact) mass is 754 g/mol. The summed E-state index contributed by atoms with van der Waals surface area (Å²) in [5, 5.41) is -7.95. The zero-order valence-corrected chi connectivity index (χ0v) is 24.3. The number of hydrogen-bond acceptors (Lipinski definition) is 6. The molecule has 0 unspecified atom stereocenters. The number of ether oxygens (including phenoxy) is 3.